The number of esters is 1. The van der Waals surface area contributed by atoms with Gasteiger partial charge in [-0.3, -0.25) is 4.79 Å². The Hall–Kier alpha value is -0.390. The molecule has 112 valence electrons. The van der Waals surface area contributed by atoms with Crippen molar-refractivity contribution in [3.63, 3.8) is 0 Å². The third kappa shape index (κ3) is 3.83. The van der Waals surface area contributed by atoms with Crippen LogP contribution in [-0.4, -0.2) is 12.6 Å². The summed E-state index contributed by atoms with van der Waals surface area (Å²) in [6, 6.07) is 2.03. The van der Waals surface area contributed by atoms with Crippen LogP contribution in [0.15, 0.2) is 15.9 Å². The van der Waals surface area contributed by atoms with Gasteiger partial charge in [0.15, 0.2) is 0 Å². The number of nitrogens with two attached hydrogens (primary N) is 1. The van der Waals surface area contributed by atoms with Crippen LogP contribution in [0, 0.1) is 5.41 Å². The summed E-state index contributed by atoms with van der Waals surface area (Å²) < 4.78 is 6.22. The van der Waals surface area contributed by atoms with E-state index in [1.54, 1.807) is 11.3 Å². The van der Waals surface area contributed by atoms with E-state index in [9.17, 15) is 4.79 Å². The van der Waals surface area contributed by atoms with Gasteiger partial charge in [0.25, 0.3) is 0 Å². The topological polar surface area (TPSA) is 52.3 Å². The van der Waals surface area contributed by atoms with Crippen molar-refractivity contribution in [2.75, 3.05) is 6.61 Å². The third-order valence-electron chi connectivity index (χ3n) is 4.12. The number of carbonyl (C=O) groups is 1. The molecule has 0 radical (unpaired) electrons. The molecule has 1 fully saturated rings. The molecule has 1 atom stereocenters. The quantitative estimate of drug-likeness (QED) is 0.765. The van der Waals surface area contributed by atoms with Crippen molar-refractivity contribution < 1.29 is 9.53 Å². The van der Waals surface area contributed by atoms with Gasteiger partial charge in [-0.1, -0.05) is 12.8 Å². The minimum absolute atomic E-state index is 0.00287. The molecule has 0 aromatic carbocycles. The molecule has 5 heteroatoms. The van der Waals surface area contributed by atoms with E-state index in [0.717, 1.165) is 23.7 Å². The van der Waals surface area contributed by atoms with Crippen LogP contribution >= 0.6 is 27.3 Å². The molecule has 1 heterocycles. The van der Waals surface area contributed by atoms with Crippen LogP contribution in [0.2, 0.25) is 0 Å². The van der Waals surface area contributed by atoms with E-state index in [1.165, 1.54) is 17.7 Å². The van der Waals surface area contributed by atoms with Crippen LogP contribution in [0.4, 0.5) is 0 Å². The molecule has 1 unspecified atom stereocenters. The molecule has 2 N–H and O–H groups in total. The fraction of sp³-hybridized carbons (Fsp3) is 0.667. The van der Waals surface area contributed by atoms with E-state index < -0.39 is 0 Å². The van der Waals surface area contributed by atoms with Gasteiger partial charge in [-0.2, -0.15) is 0 Å². The molecule has 0 aliphatic heterocycles. The highest BCUT2D eigenvalue weighted by Gasteiger charge is 2.38. The predicted octanol–water partition coefficient (Wildman–Crippen LogP) is 4.41. The second-order valence-electron chi connectivity index (χ2n) is 5.63. The van der Waals surface area contributed by atoms with Crippen molar-refractivity contribution in [1.82, 2.24) is 0 Å². The SMILES string of the molecule is CCOC(=O)CC1(CC(N)c2sccc2Br)CCCC1. The molecule has 3 nitrogen and oxygen atoms in total. The molecule has 1 aliphatic carbocycles. The fourth-order valence-electron chi connectivity index (χ4n) is 3.23. The maximum Gasteiger partial charge on any atom is 0.306 e. The maximum atomic E-state index is 11.9. The van der Waals surface area contributed by atoms with Gasteiger partial charge in [-0.05, 0) is 59.0 Å². The Morgan fingerprint density at radius 3 is 2.80 bits per heavy atom. The van der Waals surface area contributed by atoms with Crippen molar-refractivity contribution >= 4 is 33.2 Å². The molecule has 1 aliphatic rings. The van der Waals surface area contributed by atoms with E-state index in [2.05, 4.69) is 15.9 Å². The minimum atomic E-state index is -0.0770. The lowest BCUT2D eigenvalue weighted by Gasteiger charge is -2.30. The number of thiophene rings is 1. The summed E-state index contributed by atoms with van der Waals surface area (Å²) in [5, 5.41) is 2.05. The normalized spacial score (nSPS) is 18.9. The highest BCUT2D eigenvalue weighted by molar-refractivity contribution is 9.10. The molecule has 20 heavy (non-hydrogen) atoms. The van der Waals surface area contributed by atoms with Crippen LogP contribution in [-0.2, 0) is 9.53 Å². The molecular weight excluding hydrogens is 338 g/mol. The monoisotopic (exact) mass is 359 g/mol. The highest BCUT2D eigenvalue weighted by Crippen LogP contribution is 2.48. The molecule has 1 aromatic rings. The number of halogens is 1. The van der Waals surface area contributed by atoms with Gasteiger partial charge in [0.05, 0.1) is 13.0 Å². The Morgan fingerprint density at radius 1 is 1.55 bits per heavy atom. The number of ether oxygens (including phenoxy) is 1. The molecule has 2 rings (SSSR count). The van der Waals surface area contributed by atoms with Crippen LogP contribution < -0.4 is 5.73 Å². The van der Waals surface area contributed by atoms with Crippen LogP contribution in [0.1, 0.15) is 56.4 Å². The van der Waals surface area contributed by atoms with Crippen LogP contribution in [0.3, 0.4) is 0 Å². The van der Waals surface area contributed by atoms with Gasteiger partial charge in [0.2, 0.25) is 0 Å². The number of hydrogen-bond acceptors (Lipinski definition) is 4. The Bertz CT molecular complexity index is 454. The average molecular weight is 360 g/mol. The van der Waals surface area contributed by atoms with Crippen molar-refractivity contribution in [2.24, 2.45) is 11.1 Å². The Morgan fingerprint density at radius 2 is 2.25 bits per heavy atom. The van der Waals surface area contributed by atoms with E-state index in [4.69, 9.17) is 10.5 Å². The Labute approximate surface area is 133 Å². The van der Waals surface area contributed by atoms with Gasteiger partial charge < -0.3 is 10.5 Å². The predicted molar refractivity (Wildman–Crippen MR) is 85.7 cm³/mol. The van der Waals surface area contributed by atoms with Crippen molar-refractivity contribution in [2.45, 2.75) is 51.5 Å². The van der Waals surface area contributed by atoms with Gasteiger partial charge >= 0.3 is 5.97 Å². The Kier molecular flexibility index (Phi) is 5.64. The van der Waals surface area contributed by atoms with E-state index in [-0.39, 0.29) is 17.4 Å². The smallest absolute Gasteiger partial charge is 0.306 e. The molecule has 0 saturated heterocycles. The second kappa shape index (κ2) is 7.05. The van der Waals surface area contributed by atoms with E-state index in [0.29, 0.717) is 13.0 Å². The fourth-order valence-corrected chi connectivity index (χ4v) is 4.90. The summed E-state index contributed by atoms with van der Waals surface area (Å²) in [6.07, 6.45) is 5.93. The summed E-state index contributed by atoms with van der Waals surface area (Å²) in [6.45, 7) is 2.31. The molecular formula is C15H22BrNO2S. The number of rotatable bonds is 6. The van der Waals surface area contributed by atoms with Gasteiger partial charge in [-0.15, -0.1) is 11.3 Å². The standard InChI is InChI=1S/C15H22BrNO2S/c1-2-19-13(18)10-15(6-3-4-7-15)9-12(17)14-11(16)5-8-20-14/h5,8,12H,2-4,6-7,9-10,17H2,1H3. The van der Waals surface area contributed by atoms with Crippen molar-refractivity contribution in [3.05, 3.63) is 20.8 Å². The lowest BCUT2D eigenvalue weighted by atomic mass is 9.77. The summed E-state index contributed by atoms with van der Waals surface area (Å²) in [5.74, 6) is -0.0770. The molecule has 0 amide bonds. The van der Waals surface area contributed by atoms with Crippen molar-refractivity contribution in [3.8, 4) is 0 Å². The summed E-state index contributed by atoms with van der Waals surface area (Å²) >= 11 is 5.23. The number of hydrogen-bond donors (Lipinski definition) is 1. The zero-order valence-corrected chi connectivity index (χ0v) is 14.3. The van der Waals surface area contributed by atoms with E-state index in [1.807, 2.05) is 18.4 Å². The first-order chi connectivity index (χ1) is 9.56. The maximum absolute atomic E-state index is 11.9. The van der Waals surface area contributed by atoms with Gasteiger partial charge in [0.1, 0.15) is 0 Å². The first kappa shape index (κ1) is 16.0. The Balaban J connectivity index is 2.05. The largest absolute Gasteiger partial charge is 0.466 e. The summed E-state index contributed by atoms with van der Waals surface area (Å²) in [5.41, 5.74) is 6.42. The molecule has 1 saturated carbocycles. The highest BCUT2D eigenvalue weighted by atomic mass is 79.9. The average Bonchev–Trinajstić information content (AvgIpc) is 2.99. The first-order valence-corrected chi connectivity index (χ1v) is 8.88. The summed E-state index contributed by atoms with van der Waals surface area (Å²) in [7, 11) is 0. The third-order valence-corrected chi connectivity index (χ3v) is 6.13. The second-order valence-corrected chi connectivity index (χ2v) is 7.43. The van der Waals surface area contributed by atoms with Gasteiger partial charge in [0, 0.05) is 15.4 Å². The van der Waals surface area contributed by atoms with Crippen LogP contribution in [0.5, 0.6) is 0 Å². The molecule has 0 bridgehead atoms. The zero-order valence-electron chi connectivity index (χ0n) is 11.9. The van der Waals surface area contributed by atoms with Crippen molar-refractivity contribution in [1.29, 1.82) is 0 Å². The first-order valence-electron chi connectivity index (χ1n) is 7.20. The number of carbonyl (C=O) groups excluding carboxylic acids is 1. The summed E-state index contributed by atoms with van der Waals surface area (Å²) in [4.78, 5) is 13.1. The lowest BCUT2D eigenvalue weighted by molar-refractivity contribution is -0.146. The van der Waals surface area contributed by atoms with Gasteiger partial charge in [-0.25, -0.2) is 0 Å². The van der Waals surface area contributed by atoms with Crippen LogP contribution in [0.25, 0.3) is 0 Å². The lowest BCUT2D eigenvalue weighted by Crippen LogP contribution is -2.27. The zero-order chi connectivity index (χ0) is 14.6. The molecule has 0 spiro atoms. The molecule has 1 aromatic heterocycles. The van der Waals surface area contributed by atoms with E-state index >= 15 is 0 Å². The minimum Gasteiger partial charge on any atom is -0.466 e.